The number of benzene rings is 3. The van der Waals surface area contributed by atoms with E-state index in [0.29, 0.717) is 29.6 Å². The Morgan fingerprint density at radius 3 is 2.22 bits per heavy atom. The van der Waals surface area contributed by atoms with Gasteiger partial charge in [-0.2, -0.15) is 14.6 Å². The van der Waals surface area contributed by atoms with Crippen LogP contribution in [0.1, 0.15) is 22.3 Å². The minimum absolute atomic E-state index is 0.229. The van der Waals surface area contributed by atoms with Gasteiger partial charge in [0.25, 0.3) is 22.1 Å². The second-order valence-corrected chi connectivity index (χ2v) is 7.62. The summed E-state index contributed by atoms with van der Waals surface area (Å²) in [6.45, 7) is 4.28. The van der Waals surface area contributed by atoms with Crippen LogP contribution in [-0.2, 0) is 6.42 Å². The lowest BCUT2D eigenvalue weighted by molar-refractivity contribution is -0.591. The van der Waals surface area contributed by atoms with Crippen molar-refractivity contribution in [2.75, 3.05) is 6.54 Å². The molecule has 0 atom stereocenters. The third-order valence-electron chi connectivity index (χ3n) is 5.39. The number of carbonyl (C=O) groups is 1. The van der Waals surface area contributed by atoms with E-state index in [1.165, 1.54) is 6.21 Å². The lowest BCUT2D eigenvalue weighted by Crippen LogP contribution is -2.39. The van der Waals surface area contributed by atoms with Crippen molar-refractivity contribution in [2.24, 2.45) is 5.10 Å². The minimum atomic E-state index is -0.425. The second-order valence-electron chi connectivity index (χ2n) is 7.62. The number of carbonyl (C=O) groups excluding carboxylic acids is 1. The summed E-state index contributed by atoms with van der Waals surface area (Å²) >= 11 is 0. The number of aryl methyl sites for hydroxylation is 2. The Morgan fingerprint density at radius 1 is 0.906 bits per heavy atom. The summed E-state index contributed by atoms with van der Waals surface area (Å²) in [5.74, 6) is 0. The average Bonchev–Trinajstić information content (AvgIpc) is 2.79. The first kappa shape index (κ1) is 21.0. The largest absolute Gasteiger partial charge is 0.617 e. The zero-order valence-electron chi connectivity index (χ0n) is 17.8. The third-order valence-corrected chi connectivity index (χ3v) is 5.39. The second kappa shape index (κ2) is 8.89. The molecule has 1 heterocycles. The summed E-state index contributed by atoms with van der Waals surface area (Å²) in [6.07, 6.45) is 2.14. The van der Waals surface area contributed by atoms with E-state index in [1.54, 1.807) is 30.3 Å². The molecule has 8 nitrogen and oxygen atoms in total. The fourth-order valence-electron chi connectivity index (χ4n) is 3.50. The lowest BCUT2D eigenvalue weighted by atomic mass is 10.1. The summed E-state index contributed by atoms with van der Waals surface area (Å²) in [7, 11) is 0. The smallest absolute Gasteiger partial charge is 0.335 e. The van der Waals surface area contributed by atoms with Gasteiger partial charge in [0.05, 0.1) is 6.21 Å². The molecule has 0 unspecified atom stereocenters. The summed E-state index contributed by atoms with van der Waals surface area (Å²) in [6, 6.07) is 17.7. The van der Waals surface area contributed by atoms with E-state index in [9.17, 15) is 15.2 Å². The lowest BCUT2D eigenvalue weighted by Gasteiger charge is -2.09. The van der Waals surface area contributed by atoms with E-state index in [1.807, 2.05) is 44.2 Å². The molecule has 0 spiro atoms. The van der Waals surface area contributed by atoms with Gasteiger partial charge in [-0.3, -0.25) is 0 Å². The molecule has 162 valence electrons. The Bertz CT molecular complexity index is 1340. The average molecular weight is 429 g/mol. The topological polar surface area (TPSA) is 107 Å². The molecule has 0 bridgehead atoms. The minimum Gasteiger partial charge on any atom is -0.617 e. The Hall–Kier alpha value is -4.20. The highest BCUT2D eigenvalue weighted by atomic mass is 16.5. The number of amides is 2. The first-order chi connectivity index (χ1) is 15.4. The van der Waals surface area contributed by atoms with Gasteiger partial charge < -0.3 is 15.7 Å². The van der Waals surface area contributed by atoms with Gasteiger partial charge in [0.15, 0.2) is 0 Å². The molecule has 1 aromatic heterocycles. The quantitative estimate of drug-likeness (QED) is 0.167. The van der Waals surface area contributed by atoms with Crippen LogP contribution in [0.3, 0.4) is 0 Å². The number of hydrogen-bond donors (Lipinski definition) is 2. The number of hydrogen-bond acceptors (Lipinski definition) is 4. The van der Waals surface area contributed by atoms with Crippen LogP contribution in [0.4, 0.5) is 4.79 Å². The van der Waals surface area contributed by atoms with Gasteiger partial charge in [0.1, 0.15) is 0 Å². The summed E-state index contributed by atoms with van der Waals surface area (Å²) in [5, 5.41) is 32.4. The van der Waals surface area contributed by atoms with Crippen LogP contribution in [0.25, 0.3) is 22.1 Å². The number of nitrogens with zero attached hydrogens (tertiary/aromatic N) is 3. The van der Waals surface area contributed by atoms with Crippen molar-refractivity contribution in [1.82, 2.24) is 10.7 Å². The van der Waals surface area contributed by atoms with E-state index >= 15 is 0 Å². The van der Waals surface area contributed by atoms with Crippen molar-refractivity contribution >= 4 is 34.3 Å². The fraction of sp³-hybridized carbons (Fsp3) is 0.167. The maximum atomic E-state index is 12.9. The van der Waals surface area contributed by atoms with Crippen LogP contribution in [-0.4, -0.2) is 18.8 Å². The van der Waals surface area contributed by atoms with Gasteiger partial charge in [-0.15, -0.1) is 0 Å². The first-order valence-electron chi connectivity index (χ1n) is 10.2. The van der Waals surface area contributed by atoms with Gasteiger partial charge in [-0.25, -0.2) is 10.2 Å². The SMILES string of the molecule is Cc1cc2c(cc1C)[n+]([O-])c1cc(/C=N/NC(=O)NCCc3ccccc3)ccc1[n+]2[O-]. The zero-order valence-corrected chi connectivity index (χ0v) is 17.8. The molecule has 0 fully saturated rings. The van der Waals surface area contributed by atoms with E-state index < -0.39 is 6.03 Å². The van der Waals surface area contributed by atoms with E-state index in [2.05, 4.69) is 15.8 Å². The van der Waals surface area contributed by atoms with Crippen LogP contribution in [0.5, 0.6) is 0 Å². The van der Waals surface area contributed by atoms with Crippen LogP contribution in [0.2, 0.25) is 0 Å². The highest BCUT2D eigenvalue weighted by molar-refractivity contribution is 5.87. The molecule has 8 heteroatoms. The van der Waals surface area contributed by atoms with E-state index in [0.717, 1.165) is 26.2 Å². The van der Waals surface area contributed by atoms with Crippen molar-refractivity contribution in [3.05, 3.63) is 93.3 Å². The predicted molar refractivity (Wildman–Crippen MR) is 123 cm³/mol. The normalized spacial score (nSPS) is 11.3. The molecule has 0 radical (unpaired) electrons. The third kappa shape index (κ3) is 4.29. The van der Waals surface area contributed by atoms with Gasteiger partial charge >= 0.3 is 6.03 Å². The number of aromatic nitrogens is 2. The van der Waals surface area contributed by atoms with Crippen LogP contribution in [0, 0.1) is 24.3 Å². The summed E-state index contributed by atoms with van der Waals surface area (Å²) < 4.78 is 1.53. The van der Waals surface area contributed by atoms with Gasteiger partial charge in [-0.05, 0) is 43.0 Å². The molecule has 2 amide bonds. The first-order valence-corrected chi connectivity index (χ1v) is 10.2. The van der Waals surface area contributed by atoms with Crippen LogP contribution < -0.4 is 20.2 Å². The Labute approximate surface area is 185 Å². The molecule has 0 aliphatic heterocycles. The van der Waals surface area contributed by atoms with E-state index in [4.69, 9.17) is 0 Å². The fourth-order valence-corrected chi connectivity index (χ4v) is 3.50. The van der Waals surface area contributed by atoms with Gasteiger partial charge in [-0.1, -0.05) is 30.3 Å². The molecular formula is C24H23N5O3. The molecule has 4 aromatic rings. The summed E-state index contributed by atoms with van der Waals surface area (Å²) in [5.41, 5.74) is 7.11. The van der Waals surface area contributed by atoms with Crippen molar-refractivity contribution < 1.29 is 14.3 Å². The molecule has 0 saturated heterocycles. The Morgan fingerprint density at radius 2 is 1.53 bits per heavy atom. The molecular weight excluding hydrogens is 406 g/mol. The number of nitrogens with one attached hydrogen (secondary N) is 2. The standard InChI is InChI=1S/C24H23N5O3/c1-16-12-21-22(13-17(16)2)29(32)23-14-19(8-9-20(23)28(21)31)15-26-27-24(30)25-11-10-18-6-4-3-5-7-18/h3-9,12-15H,10-11H2,1-2H3,(H2,25,27,30)/b26-15+. The molecule has 0 aliphatic rings. The molecule has 0 saturated carbocycles. The number of fused-ring (bicyclic) bond motifs is 2. The van der Waals surface area contributed by atoms with Crippen molar-refractivity contribution in [3.8, 4) is 0 Å². The monoisotopic (exact) mass is 429 g/mol. The Kier molecular flexibility index (Phi) is 5.85. The molecule has 32 heavy (non-hydrogen) atoms. The van der Waals surface area contributed by atoms with Gasteiger partial charge in [0, 0.05) is 36.4 Å². The number of hydrazone groups is 1. The molecule has 4 rings (SSSR count). The summed E-state index contributed by atoms with van der Waals surface area (Å²) in [4.78, 5) is 11.9. The van der Waals surface area contributed by atoms with Crippen molar-refractivity contribution in [3.63, 3.8) is 0 Å². The van der Waals surface area contributed by atoms with Crippen molar-refractivity contribution in [2.45, 2.75) is 20.3 Å². The predicted octanol–water partition coefficient (Wildman–Crippen LogP) is 2.75. The number of urea groups is 1. The van der Waals surface area contributed by atoms with Gasteiger partial charge in [0.2, 0.25) is 0 Å². The van der Waals surface area contributed by atoms with Crippen molar-refractivity contribution in [1.29, 1.82) is 0 Å². The van der Waals surface area contributed by atoms with Crippen LogP contribution in [0.15, 0.2) is 65.8 Å². The Balaban J connectivity index is 1.48. The zero-order chi connectivity index (χ0) is 22.7. The molecule has 0 aliphatic carbocycles. The number of rotatable bonds is 5. The highest BCUT2D eigenvalue weighted by Gasteiger charge is 2.22. The van der Waals surface area contributed by atoms with Crippen LogP contribution >= 0.6 is 0 Å². The highest BCUT2D eigenvalue weighted by Crippen LogP contribution is 2.17. The molecule has 3 aromatic carbocycles. The molecule has 2 N–H and O–H groups in total. The van der Waals surface area contributed by atoms with E-state index in [-0.39, 0.29) is 11.0 Å². The maximum Gasteiger partial charge on any atom is 0.335 e. The maximum absolute atomic E-state index is 12.9.